The third-order valence-corrected chi connectivity index (χ3v) is 4.35. The van der Waals surface area contributed by atoms with Crippen molar-refractivity contribution in [3.05, 3.63) is 48.5 Å². The van der Waals surface area contributed by atoms with Crippen LogP contribution in [0.2, 0.25) is 0 Å². The summed E-state index contributed by atoms with van der Waals surface area (Å²) in [7, 11) is 0. The fraction of sp³-hybridized carbons (Fsp3) is 0.389. The van der Waals surface area contributed by atoms with Crippen molar-refractivity contribution in [2.24, 2.45) is 5.92 Å². The molecule has 126 valence electrons. The van der Waals surface area contributed by atoms with Gasteiger partial charge in [-0.1, -0.05) is 19.1 Å². The van der Waals surface area contributed by atoms with Crippen molar-refractivity contribution in [1.29, 1.82) is 0 Å². The Bertz CT molecular complexity index is 712. The van der Waals surface area contributed by atoms with Crippen LogP contribution in [0.25, 0.3) is 0 Å². The van der Waals surface area contributed by atoms with Crippen LogP contribution in [0.15, 0.2) is 43.0 Å². The molecule has 1 aliphatic rings. The largest absolute Gasteiger partial charge is 0.354 e. The van der Waals surface area contributed by atoms with Crippen molar-refractivity contribution in [3.8, 4) is 0 Å². The maximum absolute atomic E-state index is 12.3. The maximum atomic E-state index is 12.3. The zero-order valence-electron chi connectivity index (χ0n) is 13.8. The summed E-state index contributed by atoms with van der Waals surface area (Å²) >= 11 is 0. The van der Waals surface area contributed by atoms with E-state index in [-0.39, 0.29) is 24.2 Å². The number of aryl methyl sites for hydroxylation is 1. The first-order valence-corrected chi connectivity index (χ1v) is 8.30. The molecular formula is C18H22N4O2. The number of nitrogens with one attached hydrogen (secondary N) is 1. The van der Waals surface area contributed by atoms with Crippen molar-refractivity contribution in [2.45, 2.75) is 26.3 Å². The summed E-state index contributed by atoms with van der Waals surface area (Å²) in [5.41, 5.74) is 2.07. The first-order valence-electron chi connectivity index (χ1n) is 8.30. The van der Waals surface area contributed by atoms with E-state index < -0.39 is 0 Å². The lowest BCUT2D eigenvalue weighted by atomic mass is 10.1. The molecule has 0 unspecified atom stereocenters. The Labute approximate surface area is 141 Å². The molecule has 0 bridgehead atoms. The zero-order valence-corrected chi connectivity index (χ0v) is 13.8. The number of nitrogens with zero attached hydrogens (tertiary/aromatic N) is 3. The van der Waals surface area contributed by atoms with Crippen LogP contribution in [0.3, 0.4) is 0 Å². The summed E-state index contributed by atoms with van der Waals surface area (Å²) in [4.78, 5) is 30.3. The van der Waals surface area contributed by atoms with E-state index >= 15 is 0 Å². The van der Waals surface area contributed by atoms with E-state index in [2.05, 4.69) is 17.2 Å². The van der Waals surface area contributed by atoms with Crippen LogP contribution in [0, 0.1) is 5.92 Å². The van der Waals surface area contributed by atoms with Gasteiger partial charge in [-0.2, -0.15) is 0 Å². The fourth-order valence-corrected chi connectivity index (χ4v) is 2.95. The first-order chi connectivity index (χ1) is 11.7. The number of rotatable bonds is 6. The highest BCUT2D eigenvalue weighted by atomic mass is 16.2. The van der Waals surface area contributed by atoms with E-state index in [1.54, 1.807) is 17.4 Å². The van der Waals surface area contributed by atoms with Crippen LogP contribution in [-0.2, 0) is 22.6 Å². The Kier molecular flexibility index (Phi) is 4.93. The standard InChI is InChI=1S/C18H22N4O2/c1-2-14-4-3-5-16(10-14)22-12-15(11-17(22)23)18(24)20-7-9-21-8-6-19-13-21/h3-6,8,10,13,15H,2,7,9,11-12H2,1H3,(H,20,24)/t15-/m1/s1. The molecule has 1 saturated heterocycles. The lowest BCUT2D eigenvalue weighted by Gasteiger charge is -2.17. The number of benzene rings is 1. The molecule has 1 aromatic carbocycles. The van der Waals surface area contributed by atoms with Gasteiger partial charge in [-0.05, 0) is 24.1 Å². The number of anilines is 1. The van der Waals surface area contributed by atoms with Gasteiger partial charge in [0.1, 0.15) is 0 Å². The molecule has 1 atom stereocenters. The minimum atomic E-state index is -0.287. The minimum Gasteiger partial charge on any atom is -0.354 e. The topological polar surface area (TPSA) is 67.2 Å². The summed E-state index contributed by atoms with van der Waals surface area (Å²) in [6.07, 6.45) is 6.47. The van der Waals surface area contributed by atoms with Crippen molar-refractivity contribution >= 4 is 17.5 Å². The van der Waals surface area contributed by atoms with Gasteiger partial charge in [0.25, 0.3) is 0 Å². The van der Waals surface area contributed by atoms with Crippen LogP contribution >= 0.6 is 0 Å². The number of carbonyl (C=O) groups excluding carboxylic acids is 2. The Balaban J connectivity index is 1.56. The number of imidazole rings is 1. The SMILES string of the molecule is CCc1cccc(N2C[C@H](C(=O)NCCn3ccnc3)CC2=O)c1. The molecule has 1 aliphatic heterocycles. The van der Waals surface area contributed by atoms with Gasteiger partial charge in [0, 0.05) is 44.1 Å². The number of aromatic nitrogens is 2. The van der Waals surface area contributed by atoms with Crippen molar-refractivity contribution in [2.75, 3.05) is 18.0 Å². The summed E-state index contributed by atoms with van der Waals surface area (Å²) in [5, 5.41) is 2.91. The molecule has 1 aromatic heterocycles. The van der Waals surface area contributed by atoms with E-state index in [0.29, 0.717) is 19.6 Å². The van der Waals surface area contributed by atoms with Gasteiger partial charge in [0.15, 0.2) is 0 Å². The zero-order chi connectivity index (χ0) is 16.9. The van der Waals surface area contributed by atoms with Crippen molar-refractivity contribution in [1.82, 2.24) is 14.9 Å². The van der Waals surface area contributed by atoms with Gasteiger partial charge in [-0.3, -0.25) is 9.59 Å². The molecular weight excluding hydrogens is 304 g/mol. The number of amides is 2. The maximum Gasteiger partial charge on any atom is 0.227 e. The van der Waals surface area contributed by atoms with Gasteiger partial charge in [0.2, 0.25) is 11.8 Å². The van der Waals surface area contributed by atoms with Gasteiger partial charge in [0.05, 0.1) is 12.2 Å². The van der Waals surface area contributed by atoms with E-state index in [1.807, 2.05) is 35.0 Å². The molecule has 2 amide bonds. The fourth-order valence-electron chi connectivity index (χ4n) is 2.95. The second kappa shape index (κ2) is 7.29. The Morgan fingerprint density at radius 2 is 2.29 bits per heavy atom. The smallest absolute Gasteiger partial charge is 0.227 e. The number of hydrogen-bond acceptors (Lipinski definition) is 3. The van der Waals surface area contributed by atoms with Crippen molar-refractivity contribution < 1.29 is 9.59 Å². The van der Waals surface area contributed by atoms with Crippen LogP contribution < -0.4 is 10.2 Å². The molecule has 2 aromatic rings. The van der Waals surface area contributed by atoms with Gasteiger partial charge in [-0.25, -0.2) is 4.98 Å². The van der Waals surface area contributed by atoms with Crippen LogP contribution in [0.4, 0.5) is 5.69 Å². The Morgan fingerprint density at radius 1 is 1.42 bits per heavy atom. The molecule has 6 nitrogen and oxygen atoms in total. The monoisotopic (exact) mass is 326 g/mol. The van der Waals surface area contributed by atoms with Crippen LogP contribution in [0.5, 0.6) is 0 Å². The molecule has 0 spiro atoms. The van der Waals surface area contributed by atoms with Crippen LogP contribution in [-0.4, -0.2) is 34.5 Å². The highest BCUT2D eigenvalue weighted by molar-refractivity contribution is 6.00. The van der Waals surface area contributed by atoms with E-state index in [0.717, 1.165) is 12.1 Å². The second-order valence-electron chi connectivity index (χ2n) is 6.02. The molecule has 3 rings (SSSR count). The molecule has 0 aliphatic carbocycles. The summed E-state index contributed by atoms with van der Waals surface area (Å²) < 4.78 is 1.91. The Morgan fingerprint density at radius 3 is 3.04 bits per heavy atom. The molecule has 6 heteroatoms. The second-order valence-corrected chi connectivity index (χ2v) is 6.02. The molecule has 24 heavy (non-hydrogen) atoms. The number of carbonyl (C=O) groups is 2. The van der Waals surface area contributed by atoms with Crippen LogP contribution in [0.1, 0.15) is 18.9 Å². The van der Waals surface area contributed by atoms with E-state index in [1.165, 1.54) is 5.56 Å². The first kappa shape index (κ1) is 16.2. The van der Waals surface area contributed by atoms with E-state index in [9.17, 15) is 9.59 Å². The van der Waals surface area contributed by atoms with E-state index in [4.69, 9.17) is 0 Å². The lowest BCUT2D eigenvalue weighted by Crippen LogP contribution is -2.34. The predicted molar refractivity (Wildman–Crippen MR) is 91.5 cm³/mol. The molecule has 0 radical (unpaired) electrons. The third-order valence-electron chi connectivity index (χ3n) is 4.35. The normalized spacial score (nSPS) is 17.3. The van der Waals surface area contributed by atoms with Gasteiger partial charge >= 0.3 is 0 Å². The Hall–Kier alpha value is -2.63. The molecule has 1 fully saturated rings. The molecule has 0 saturated carbocycles. The minimum absolute atomic E-state index is 0.0120. The summed E-state index contributed by atoms with van der Waals surface area (Å²) in [6, 6.07) is 7.96. The third kappa shape index (κ3) is 3.64. The summed E-state index contributed by atoms with van der Waals surface area (Å²) in [6.45, 7) is 3.74. The predicted octanol–water partition coefficient (Wildman–Crippen LogP) is 1.61. The molecule has 1 N–H and O–H groups in total. The lowest BCUT2D eigenvalue weighted by molar-refractivity contribution is -0.126. The van der Waals surface area contributed by atoms with Gasteiger partial charge in [-0.15, -0.1) is 0 Å². The quantitative estimate of drug-likeness (QED) is 0.877. The highest BCUT2D eigenvalue weighted by Gasteiger charge is 2.34. The highest BCUT2D eigenvalue weighted by Crippen LogP contribution is 2.26. The average Bonchev–Trinajstić information content (AvgIpc) is 3.24. The van der Waals surface area contributed by atoms with Gasteiger partial charge < -0.3 is 14.8 Å². The summed E-state index contributed by atoms with van der Waals surface area (Å²) in [5.74, 6) is -0.332. The number of hydrogen-bond donors (Lipinski definition) is 1. The molecule has 2 heterocycles. The van der Waals surface area contributed by atoms with Crippen molar-refractivity contribution in [3.63, 3.8) is 0 Å². The average molecular weight is 326 g/mol.